The van der Waals surface area contributed by atoms with Gasteiger partial charge in [-0.3, -0.25) is 0 Å². The molecule has 76 valence electrons. The maximum Gasteiger partial charge on any atom is 0.407 e. The Morgan fingerprint density at radius 1 is 1.46 bits per heavy atom. The standard InChI is InChI=1S/C8H15NO4/c1-2-13-8(12)9-5-3-6(10)7(11)4-5/h5-7,10-11H,2-4H2,1H3,(H,9,12)/t5?,6-,7+. The molecule has 1 aliphatic rings. The van der Waals surface area contributed by atoms with Crippen LogP contribution >= 0.6 is 0 Å². The Morgan fingerprint density at radius 2 is 2.00 bits per heavy atom. The molecule has 5 heteroatoms. The molecule has 13 heavy (non-hydrogen) atoms. The first-order valence-corrected chi connectivity index (χ1v) is 4.43. The fraction of sp³-hybridized carbons (Fsp3) is 0.875. The first-order chi connectivity index (χ1) is 6.13. The Balaban J connectivity index is 2.27. The fourth-order valence-corrected chi connectivity index (χ4v) is 1.45. The van der Waals surface area contributed by atoms with E-state index in [-0.39, 0.29) is 6.04 Å². The third-order valence-electron chi connectivity index (χ3n) is 2.09. The van der Waals surface area contributed by atoms with E-state index in [1.54, 1.807) is 6.92 Å². The van der Waals surface area contributed by atoms with Crippen molar-refractivity contribution in [3.63, 3.8) is 0 Å². The van der Waals surface area contributed by atoms with E-state index in [9.17, 15) is 4.79 Å². The van der Waals surface area contributed by atoms with Gasteiger partial charge in [-0.1, -0.05) is 0 Å². The van der Waals surface area contributed by atoms with Crippen molar-refractivity contribution in [3.8, 4) is 0 Å². The summed E-state index contributed by atoms with van der Waals surface area (Å²) in [5.41, 5.74) is 0. The van der Waals surface area contributed by atoms with E-state index in [1.807, 2.05) is 0 Å². The zero-order valence-electron chi connectivity index (χ0n) is 7.56. The summed E-state index contributed by atoms with van der Waals surface area (Å²) in [4.78, 5) is 10.9. The van der Waals surface area contributed by atoms with Crippen LogP contribution in [0.4, 0.5) is 4.79 Å². The molecule has 5 nitrogen and oxygen atoms in total. The van der Waals surface area contributed by atoms with E-state index < -0.39 is 18.3 Å². The predicted molar refractivity (Wildman–Crippen MR) is 45.2 cm³/mol. The number of amides is 1. The van der Waals surface area contributed by atoms with E-state index in [4.69, 9.17) is 10.2 Å². The largest absolute Gasteiger partial charge is 0.450 e. The quantitative estimate of drug-likeness (QED) is 0.553. The summed E-state index contributed by atoms with van der Waals surface area (Å²) >= 11 is 0. The molecule has 1 unspecified atom stereocenters. The minimum absolute atomic E-state index is 0.177. The highest BCUT2D eigenvalue weighted by Gasteiger charge is 2.32. The summed E-state index contributed by atoms with van der Waals surface area (Å²) in [5, 5.41) is 20.9. The van der Waals surface area contributed by atoms with Gasteiger partial charge >= 0.3 is 6.09 Å². The number of aliphatic hydroxyl groups is 2. The second-order valence-corrected chi connectivity index (χ2v) is 3.17. The number of rotatable bonds is 2. The van der Waals surface area contributed by atoms with Gasteiger partial charge in [0.25, 0.3) is 0 Å². The monoisotopic (exact) mass is 189 g/mol. The van der Waals surface area contributed by atoms with Gasteiger partial charge in [0.15, 0.2) is 0 Å². The maximum absolute atomic E-state index is 10.9. The molecule has 0 aliphatic heterocycles. The Morgan fingerprint density at radius 3 is 2.46 bits per heavy atom. The molecule has 0 saturated heterocycles. The number of hydrogen-bond acceptors (Lipinski definition) is 4. The van der Waals surface area contributed by atoms with Gasteiger partial charge in [0.1, 0.15) is 0 Å². The van der Waals surface area contributed by atoms with Gasteiger partial charge in [0, 0.05) is 6.04 Å². The van der Waals surface area contributed by atoms with Crippen LogP contribution in [0.2, 0.25) is 0 Å². The topological polar surface area (TPSA) is 78.8 Å². The molecule has 0 radical (unpaired) electrons. The lowest BCUT2D eigenvalue weighted by Gasteiger charge is -2.10. The molecule has 1 fully saturated rings. The van der Waals surface area contributed by atoms with Crippen molar-refractivity contribution in [2.45, 2.75) is 38.0 Å². The Bertz CT molecular complexity index is 175. The summed E-state index contributed by atoms with van der Waals surface area (Å²) in [6, 6.07) is -0.177. The van der Waals surface area contributed by atoms with Crippen molar-refractivity contribution in [1.82, 2.24) is 5.32 Å². The Kier molecular flexibility index (Phi) is 3.50. The number of hydrogen-bond donors (Lipinski definition) is 3. The van der Waals surface area contributed by atoms with Crippen LogP contribution in [-0.2, 0) is 4.74 Å². The molecule has 3 atom stereocenters. The van der Waals surface area contributed by atoms with Crippen molar-refractivity contribution in [3.05, 3.63) is 0 Å². The average Bonchev–Trinajstić information content (AvgIpc) is 2.31. The van der Waals surface area contributed by atoms with Gasteiger partial charge in [-0.05, 0) is 19.8 Å². The molecular weight excluding hydrogens is 174 g/mol. The smallest absolute Gasteiger partial charge is 0.407 e. The van der Waals surface area contributed by atoms with Crippen LogP contribution in [-0.4, -0.2) is 41.2 Å². The highest BCUT2D eigenvalue weighted by atomic mass is 16.5. The second-order valence-electron chi connectivity index (χ2n) is 3.17. The summed E-state index contributed by atoms with van der Waals surface area (Å²) in [6.07, 6.45) is -1.17. The molecule has 1 saturated carbocycles. The third kappa shape index (κ3) is 2.86. The number of nitrogens with one attached hydrogen (secondary N) is 1. The minimum atomic E-state index is -0.730. The zero-order valence-corrected chi connectivity index (χ0v) is 7.56. The molecule has 1 amide bonds. The Hall–Kier alpha value is -0.810. The molecule has 0 aromatic rings. The van der Waals surface area contributed by atoms with Crippen molar-refractivity contribution < 1.29 is 19.7 Å². The average molecular weight is 189 g/mol. The van der Waals surface area contributed by atoms with Gasteiger partial charge in [0.05, 0.1) is 18.8 Å². The molecule has 0 heterocycles. The number of aliphatic hydroxyl groups excluding tert-OH is 2. The number of carbonyl (C=O) groups excluding carboxylic acids is 1. The van der Waals surface area contributed by atoms with Crippen LogP contribution < -0.4 is 5.32 Å². The van der Waals surface area contributed by atoms with Crippen molar-refractivity contribution in [1.29, 1.82) is 0 Å². The molecule has 0 aromatic carbocycles. The highest BCUT2D eigenvalue weighted by Crippen LogP contribution is 2.19. The van der Waals surface area contributed by atoms with Crippen LogP contribution in [0.25, 0.3) is 0 Å². The van der Waals surface area contributed by atoms with Gasteiger partial charge in [-0.25, -0.2) is 4.79 Å². The molecule has 3 N–H and O–H groups in total. The summed E-state index contributed by atoms with van der Waals surface area (Å²) < 4.78 is 4.66. The van der Waals surface area contributed by atoms with Crippen molar-refractivity contribution in [2.75, 3.05) is 6.61 Å². The number of alkyl carbamates (subject to hydrolysis) is 1. The fourth-order valence-electron chi connectivity index (χ4n) is 1.45. The number of carbonyl (C=O) groups is 1. The van der Waals surface area contributed by atoms with E-state index in [2.05, 4.69) is 10.1 Å². The first kappa shape index (κ1) is 10.3. The maximum atomic E-state index is 10.9. The molecule has 1 aliphatic carbocycles. The van der Waals surface area contributed by atoms with Crippen LogP contribution in [0.3, 0.4) is 0 Å². The second kappa shape index (κ2) is 4.43. The van der Waals surface area contributed by atoms with Gasteiger partial charge in [-0.15, -0.1) is 0 Å². The van der Waals surface area contributed by atoms with E-state index in [0.717, 1.165) is 0 Å². The van der Waals surface area contributed by atoms with Crippen LogP contribution in [0.15, 0.2) is 0 Å². The van der Waals surface area contributed by atoms with Crippen molar-refractivity contribution in [2.24, 2.45) is 0 Å². The van der Waals surface area contributed by atoms with E-state index in [1.165, 1.54) is 0 Å². The lowest BCUT2D eigenvalue weighted by molar-refractivity contribution is 0.0438. The van der Waals surface area contributed by atoms with Gasteiger partial charge in [-0.2, -0.15) is 0 Å². The molecule has 0 spiro atoms. The summed E-state index contributed by atoms with van der Waals surface area (Å²) in [5.74, 6) is 0. The van der Waals surface area contributed by atoms with Gasteiger partial charge < -0.3 is 20.3 Å². The number of ether oxygens (including phenoxy) is 1. The highest BCUT2D eigenvalue weighted by molar-refractivity contribution is 5.67. The SMILES string of the molecule is CCOC(=O)NC1C[C@@H](O)[C@@H](O)C1. The van der Waals surface area contributed by atoms with Gasteiger partial charge in [0.2, 0.25) is 0 Å². The normalized spacial score (nSPS) is 33.0. The minimum Gasteiger partial charge on any atom is -0.450 e. The van der Waals surface area contributed by atoms with Crippen molar-refractivity contribution >= 4 is 6.09 Å². The first-order valence-electron chi connectivity index (χ1n) is 4.43. The van der Waals surface area contributed by atoms with Crippen LogP contribution in [0.5, 0.6) is 0 Å². The van der Waals surface area contributed by atoms with E-state index in [0.29, 0.717) is 19.4 Å². The molecular formula is C8H15NO4. The molecule has 0 aromatic heterocycles. The predicted octanol–water partition coefficient (Wildman–Crippen LogP) is -0.383. The lowest BCUT2D eigenvalue weighted by atomic mass is 10.2. The van der Waals surface area contributed by atoms with Crippen LogP contribution in [0, 0.1) is 0 Å². The lowest BCUT2D eigenvalue weighted by Crippen LogP contribution is -2.33. The molecule has 0 bridgehead atoms. The third-order valence-corrected chi connectivity index (χ3v) is 2.09. The Labute approximate surface area is 76.7 Å². The zero-order chi connectivity index (χ0) is 9.84. The summed E-state index contributed by atoms with van der Waals surface area (Å²) in [6.45, 7) is 2.04. The molecule has 1 rings (SSSR count). The van der Waals surface area contributed by atoms with E-state index >= 15 is 0 Å². The summed E-state index contributed by atoms with van der Waals surface area (Å²) in [7, 11) is 0. The van der Waals surface area contributed by atoms with Crippen LogP contribution in [0.1, 0.15) is 19.8 Å².